The summed E-state index contributed by atoms with van der Waals surface area (Å²) in [5.41, 5.74) is 4.24. The lowest BCUT2D eigenvalue weighted by atomic mass is 10.2. The summed E-state index contributed by atoms with van der Waals surface area (Å²) in [6.45, 7) is 7.41. The summed E-state index contributed by atoms with van der Waals surface area (Å²) < 4.78 is 1.98. The average Bonchev–Trinajstić information content (AvgIpc) is 2.85. The summed E-state index contributed by atoms with van der Waals surface area (Å²) in [5.74, 6) is 0. The van der Waals surface area contributed by atoms with Gasteiger partial charge in [0.1, 0.15) is 0 Å². The van der Waals surface area contributed by atoms with Gasteiger partial charge in [-0.3, -0.25) is 4.68 Å². The van der Waals surface area contributed by atoms with E-state index in [9.17, 15) is 9.90 Å². The smallest absolute Gasteiger partial charge is 0.317 e. The fraction of sp³-hybridized carbons (Fsp3) is 0.474. The number of aromatic nitrogens is 2. The SMILES string of the molecule is Cc1nn(Cc2ccccc2)c(C)c1CNC(=O)N(C)CCC(C)O. The molecule has 0 spiro atoms. The van der Waals surface area contributed by atoms with Gasteiger partial charge in [0, 0.05) is 31.4 Å². The molecule has 1 unspecified atom stereocenters. The van der Waals surface area contributed by atoms with Crippen molar-refractivity contribution in [3.8, 4) is 0 Å². The van der Waals surface area contributed by atoms with Gasteiger partial charge < -0.3 is 15.3 Å². The van der Waals surface area contributed by atoms with Gasteiger partial charge >= 0.3 is 6.03 Å². The molecule has 2 N–H and O–H groups in total. The fourth-order valence-electron chi connectivity index (χ4n) is 2.68. The standard InChI is InChI=1S/C19H28N4O2/c1-14(24)10-11-22(4)19(25)20-12-18-15(2)21-23(16(18)3)13-17-8-6-5-7-9-17/h5-9,14,24H,10-13H2,1-4H3,(H,20,25). The van der Waals surface area contributed by atoms with Crippen molar-refractivity contribution in [3.05, 3.63) is 52.8 Å². The Kier molecular flexibility index (Phi) is 6.58. The summed E-state index contributed by atoms with van der Waals surface area (Å²) in [6, 6.07) is 10.1. The first-order chi connectivity index (χ1) is 11.9. The summed E-state index contributed by atoms with van der Waals surface area (Å²) in [5, 5.41) is 16.9. The Hall–Kier alpha value is -2.34. The van der Waals surface area contributed by atoms with Crippen LogP contribution < -0.4 is 5.32 Å². The van der Waals surface area contributed by atoms with Gasteiger partial charge in [-0.1, -0.05) is 30.3 Å². The monoisotopic (exact) mass is 344 g/mol. The van der Waals surface area contributed by atoms with Gasteiger partial charge in [0.2, 0.25) is 0 Å². The Labute approximate surface area is 149 Å². The second-order valence-corrected chi connectivity index (χ2v) is 6.51. The van der Waals surface area contributed by atoms with Crippen LogP contribution in [0.5, 0.6) is 0 Å². The van der Waals surface area contributed by atoms with Crippen molar-refractivity contribution < 1.29 is 9.90 Å². The molecule has 0 aliphatic heterocycles. The van der Waals surface area contributed by atoms with Gasteiger partial charge in [0.25, 0.3) is 0 Å². The molecule has 2 amide bonds. The number of carbonyl (C=O) groups is 1. The predicted molar refractivity (Wildman–Crippen MR) is 98.4 cm³/mol. The number of nitrogens with zero attached hydrogens (tertiary/aromatic N) is 3. The van der Waals surface area contributed by atoms with Crippen LogP contribution in [0.1, 0.15) is 35.9 Å². The van der Waals surface area contributed by atoms with E-state index in [-0.39, 0.29) is 6.03 Å². The topological polar surface area (TPSA) is 70.4 Å². The first-order valence-corrected chi connectivity index (χ1v) is 8.62. The number of hydrogen-bond donors (Lipinski definition) is 2. The zero-order valence-electron chi connectivity index (χ0n) is 15.5. The molecule has 2 aromatic rings. The van der Waals surface area contributed by atoms with Crippen molar-refractivity contribution in [2.75, 3.05) is 13.6 Å². The van der Waals surface area contributed by atoms with Crippen LogP contribution in [0.2, 0.25) is 0 Å². The van der Waals surface area contributed by atoms with Crippen LogP contribution in [0.3, 0.4) is 0 Å². The summed E-state index contributed by atoms with van der Waals surface area (Å²) >= 11 is 0. The molecule has 6 heteroatoms. The number of hydrogen-bond acceptors (Lipinski definition) is 3. The maximum absolute atomic E-state index is 12.2. The molecule has 0 saturated heterocycles. The summed E-state index contributed by atoms with van der Waals surface area (Å²) in [4.78, 5) is 13.7. The largest absolute Gasteiger partial charge is 0.393 e. The fourth-order valence-corrected chi connectivity index (χ4v) is 2.68. The lowest BCUT2D eigenvalue weighted by Gasteiger charge is -2.18. The number of aliphatic hydroxyl groups excluding tert-OH is 1. The Bertz CT molecular complexity index is 695. The van der Waals surface area contributed by atoms with Gasteiger partial charge in [0.05, 0.1) is 18.3 Å². The van der Waals surface area contributed by atoms with Gasteiger partial charge in [-0.05, 0) is 32.8 Å². The van der Waals surface area contributed by atoms with Crippen LogP contribution in [0.25, 0.3) is 0 Å². The molecular weight excluding hydrogens is 316 g/mol. The minimum atomic E-state index is -0.407. The van der Waals surface area contributed by atoms with Crippen molar-refractivity contribution in [1.29, 1.82) is 0 Å². The molecule has 0 aliphatic rings. The number of aryl methyl sites for hydroxylation is 1. The molecule has 6 nitrogen and oxygen atoms in total. The second-order valence-electron chi connectivity index (χ2n) is 6.51. The number of nitrogens with one attached hydrogen (secondary N) is 1. The first kappa shape index (κ1) is 19.0. The molecule has 1 aromatic carbocycles. The molecule has 25 heavy (non-hydrogen) atoms. The van der Waals surface area contributed by atoms with E-state index in [0.717, 1.165) is 23.5 Å². The molecule has 0 aliphatic carbocycles. The third-order valence-electron chi connectivity index (χ3n) is 4.35. The van der Waals surface area contributed by atoms with E-state index in [2.05, 4.69) is 22.5 Å². The molecule has 1 heterocycles. The van der Waals surface area contributed by atoms with E-state index in [0.29, 0.717) is 19.5 Å². The zero-order chi connectivity index (χ0) is 18.4. The van der Waals surface area contributed by atoms with Crippen LogP contribution in [-0.4, -0.2) is 45.5 Å². The predicted octanol–water partition coefficient (Wildman–Crippen LogP) is 2.46. The zero-order valence-corrected chi connectivity index (χ0v) is 15.5. The van der Waals surface area contributed by atoms with E-state index < -0.39 is 6.10 Å². The molecule has 0 radical (unpaired) electrons. The number of benzene rings is 1. The van der Waals surface area contributed by atoms with Crippen LogP contribution in [0.15, 0.2) is 30.3 Å². The van der Waals surface area contributed by atoms with Crippen molar-refractivity contribution in [2.24, 2.45) is 0 Å². The maximum atomic E-state index is 12.2. The number of amides is 2. The van der Waals surface area contributed by atoms with Crippen LogP contribution >= 0.6 is 0 Å². The highest BCUT2D eigenvalue weighted by atomic mass is 16.3. The van der Waals surface area contributed by atoms with Crippen molar-refractivity contribution in [2.45, 2.75) is 46.4 Å². The van der Waals surface area contributed by atoms with Gasteiger partial charge in [-0.15, -0.1) is 0 Å². The normalized spacial score (nSPS) is 12.0. The van der Waals surface area contributed by atoms with Crippen molar-refractivity contribution >= 4 is 6.03 Å². The Balaban J connectivity index is 1.97. The minimum Gasteiger partial charge on any atom is -0.393 e. The highest BCUT2D eigenvalue weighted by Crippen LogP contribution is 2.14. The van der Waals surface area contributed by atoms with Gasteiger partial charge in [-0.25, -0.2) is 4.79 Å². The molecule has 2 rings (SSSR count). The lowest BCUT2D eigenvalue weighted by Crippen LogP contribution is -2.38. The average molecular weight is 344 g/mol. The molecule has 1 aromatic heterocycles. The van der Waals surface area contributed by atoms with E-state index >= 15 is 0 Å². The van der Waals surface area contributed by atoms with Gasteiger partial charge in [-0.2, -0.15) is 5.10 Å². The van der Waals surface area contributed by atoms with Crippen molar-refractivity contribution in [3.63, 3.8) is 0 Å². The van der Waals surface area contributed by atoms with Crippen LogP contribution in [0, 0.1) is 13.8 Å². The number of rotatable bonds is 7. The molecule has 0 fully saturated rings. The third kappa shape index (κ3) is 5.32. The van der Waals surface area contributed by atoms with E-state index in [1.807, 2.05) is 36.7 Å². The molecule has 136 valence electrons. The number of urea groups is 1. The first-order valence-electron chi connectivity index (χ1n) is 8.62. The highest BCUT2D eigenvalue weighted by molar-refractivity contribution is 5.73. The minimum absolute atomic E-state index is 0.143. The van der Waals surface area contributed by atoms with Crippen molar-refractivity contribution in [1.82, 2.24) is 20.0 Å². The highest BCUT2D eigenvalue weighted by Gasteiger charge is 2.14. The Morgan fingerprint density at radius 2 is 2.00 bits per heavy atom. The van der Waals surface area contributed by atoms with E-state index in [4.69, 9.17) is 0 Å². The van der Waals surface area contributed by atoms with Gasteiger partial charge in [0.15, 0.2) is 0 Å². The third-order valence-corrected chi connectivity index (χ3v) is 4.35. The molecular formula is C19H28N4O2. The van der Waals surface area contributed by atoms with E-state index in [1.54, 1.807) is 18.9 Å². The molecule has 0 bridgehead atoms. The Morgan fingerprint density at radius 1 is 1.32 bits per heavy atom. The Morgan fingerprint density at radius 3 is 2.64 bits per heavy atom. The lowest BCUT2D eigenvalue weighted by molar-refractivity contribution is 0.163. The molecule has 0 saturated carbocycles. The van der Waals surface area contributed by atoms with Crippen LogP contribution in [-0.2, 0) is 13.1 Å². The molecule has 1 atom stereocenters. The summed E-state index contributed by atoms with van der Waals surface area (Å²) in [6.07, 6.45) is 0.160. The number of aliphatic hydroxyl groups is 1. The second kappa shape index (κ2) is 8.67. The number of carbonyl (C=O) groups excluding carboxylic acids is 1. The summed E-state index contributed by atoms with van der Waals surface area (Å²) in [7, 11) is 1.73. The van der Waals surface area contributed by atoms with E-state index in [1.165, 1.54) is 5.56 Å². The maximum Gasteiger partial charge on any atom is 0.317 e. The van der Waals surface area contributed by atoms with Crippen LogP contribution in [0.4, 0.5) is 4.79 Å². The quantitative estimate of drug-likeness (QED) is 0.810.